The van der Waals surface area contributed by atoms with Crippen LogP contribution >= 0.6 is 11.3 Å². The summed E-state index contributed by atoms with van der Waals surface area (Å²) in [5, 5.41) is 1.28. The fraction of sp³-hybridized carbons (Fsp3) is 0.800. The number of aromatic nitrogens is 1. The van der Waals surface area contributed by atoms with Crippen LogP contribution in [0.25, 0.3) is 0 Å². The van der Waals surface area contributed by atoms with Gasteiger partial charge in [-0.2, -0.15) is 0 Å². The van der Waals surface area contributed by atoms with Gasteiger partial charge in [-0.3, -0.25) is 9.69 Å². The van der Waals surface area contributed by atoms with Gasteiger partial charge >= 0.3 is 0 Å². The third kappa shape index (κ3) is 3.14. The van der Waals surface area contributed by atoms with E-state index in [1.54, 1.807) is 0 Å². The quantitative estimate of drug-likeness (QED) is 0.828. The van der Waals surface area contributed by atoms with Gasteiger partial charge in [0.1, 0.15) is 5.01 Å². The lowest BCUT2D eigenvalue weighted by Crippen LogP contribution is -2.50. The van der Waals surface area contributed by atoms with E-state index in [1.807, 2.05) is 11.3 Å². The van der Waals surface area contributed by atoms with Gasteiger partial charge in [0.15, 0.2) is 0 Å². The summed E-state index contributed by atoms with van der Waals surface area (Å²) in [5.74, 6) is 1.27. The number of carbonyl (C=O) groups is 1. The molecule has 3 fully saturated rings. The van der Waals surface area contributed by atoms with E-state index in [0.717, 1.165) is 51.5 Å². The maximum Gasteiger partial charge on any atom is 0.230 e. The standard InChI is InChI=1S/C20H29N3OS/c24-19-20(8-3-10-23(19)12-15-6-7-15)9-11-22(14-20)13-18-21-16-4-1-2-5-17(16)25-18/h15H,1-14H2/t20-/m0/s1. The van der Waals surface area contributed by atoms with E-state index in [0.29, 0.717) is 5.91 Å². The van der Waals surface area contributed by atoms with Crippen LogP contribution in [-0.2, 0) is 24.2 Å². The molecule has 1 aromatic heterocycles. The molecule has 5 heteroatoms. The van der Waals surface area contributed by atoms with Gasteiger partial charge in [-0.05, 0) is 70.3 Å². The summed E-state index contributed by atoms with van der Waals surface area (Å²) >= 11 is 1.93. The number of thiazole rings is 1. The Hall–Kier alpha value is -0.940. The third-order valence-electron chi connectivity index (χ3n) is 6.68. The maximum atomic E-state index is 13.2. The number of likely N-dealkylation sites (tertiary alicyclic amines) is 2. The van der Waals surface area contributed by atoms with Crippen LogP contribution in [0.3, 0.4) is 0 Å². The van der Waals surface area contributed by atoms with Gasteiger partial charge in [-0.1, -0.05) is 0 Å². The molecule has 2 aliphatic carbocycles. The lowest BCUT2D eigenvalue weighted by Gasteiger charge is -2.39. The number of carbonyl (C=O) groups excluding carboxylic acids is 1. The molecule has 0 unspecified atom stereocenters. The zero-order chi connectivity index (χ0) is 16.9. The highest BCUT2D eigenvalue weighted by molar-refractivity contribution is 7.11. The number of aryl methyl sites for hydroxylation is 2. The minimum absolute atomic E-state index is 0.0793. The molecule has 1 saturated carbocycles. The molecule has 0 bridgehead atoms. The molecule has 3 heterocycles. The molecule has 1 spiro atoms. The molecule has 4 nitrogen and oxygen atoms in total. The van der Waals surface area contributed by atoms with Gasteiger partial charge in [0, 0.05) is 24.5 Å². The molecular formula is C20H29N3OS. The molecule has 136 valence electrons. The van der Waals surface area contributed by atoms with Crippen molar-refractivity contribution in [3.8, 4) is 0 Å². The average Bonchev–Trinajstić information content (AvgIpc) is 3.19. The molecule has 0 aromatic carbocycles. The summed E-state index contributed by atoms with van der Waals surface area (Å²) in [6, 6.07) is 0. The lowest BCUT2D eigenvalue weighted by molar-refractivity contribution is -0.145. The van der Waals surface area contributed by atoms with E-state index >= 15 is 0 Å². The fourth-order valence-electron chi connectivity index (χ4n) is 5.07. The van der Waals surface area contributed by atoms with Gasteiger partial charge in [-0.25, -0.2) is 4.98 Å². The number of hydrogen-bond acceptors (Lipinski definition) is 4. The van der Waals surface area contributed by atoms with Crippen molar-refractivity contribution < 1.29 is 4.79 Å². The van der Waals surface area contributed by atoms with Crippen molar-refractivity contribution in [2.75, 3.05) is 26.2 Å². The minimum atomic E-state index is -0.0793. The Morgan fingerprint density at radius 1 is 1.12 bits per heavy atom. The Morgan fingerprint density at radius 2 is 2.00 bits per heavy atom. The van der Waals surface area contributed by atoms with Crippen LogP contribution in [0.1, 0.15) is 60.5 Å². The number of rotatable bonds is 4. The molecular weight excluding hydrogens is 330 g/mol. The Bertz CT molecular complexity index is 644. The van der Waals surface area contributed by atoms with Gasteiger partial charge in [0.25, 0.3) is 0 Å². The molecule has 0 radical (unpaired) electrons. The Kier molecular flexibility index (Phi) is 4.12. The van der Waals surface area contributed by atoms with E-state index in [1.165, 1.54) is 60.5 Å². The SMILES string of the molecule is O=C1N(CC2CC2)CCC[C@@]12CCN(Cc1nc3c(s1)CCCC3)C2. The minimum Gasteiger partial charge on any atom is -0.342 e. The largest absolute Gasteiger partial charge is 0.342 e. The van der Waals surface area contributed by atoms with Crippen molar-refractivity contribution in [2.45, 2.75) is 64.3 Å². The first-order valence-corrected chi connectivity index (χ1v) is 11.0. The van der Waals surface area contributed by atoms with Crippen LogP contribution in [0, 0.1) is 11.3 Å². The summed E-state index contributed by atoms with van der Waals surface area (Å²) in [7, 11) is 0. The van der Waals surface area contributed by atoms with Crippen LogP contribution in [0.5, 0.6) is 0 Å². The van der Waals surface area contributed by atoms with Crippen LogP contribution in [0.4, 0.5) is 0 Å². The highest BCUT2D eigenvalue weighted by atomic mass is 32.1. The molecule has 1 atom stereocenters. The first-order chi connectivity index (χ1) is 12.2. The van der Waals surface area contributed by atoms with Crippen molar-refractivity contribution >= 4 is 17.2 Å². The highest BCUT2D eigenvalue weighted by Gasteiger charge is 2.48. The zero-order valence-electron chi connectivity index (χ0n) is 15.1. The van der Waals surface area contributed by atoms with Crippen LogP contribution in [0.2, 0.25) is 0 Å². The van der Waals surface area contributed by atoms with Crippen molar-refractivity contribution in [2.24, 2.45) is 11.3 Å². The number of piperidine rings is 1. The molecule has 4 aliphatic rings. The summed E-state index contributed by atoms with van der Waals surface area (Å²) in [6.07, 6.45) is 11.0. The smallest absolute Gasteiger partial charge is 0.230 e. The first-order valence-electron chi connectivity index (χ1n) is 10.2. The van der Waals surface area contributed by atoms with E-state index in [4.69, 9.17) is 4.98 Å². The molecule has 5 rings (SSSR count). The summed E-state index contributed by atoms with van der Waals surface area (Å²) in [4.78, 5) is 24.3. The van der Waals surface area contributed by atoms with Gasteiger partial charge in [0.05, 0.1) is 17.7 Å². The average molecular weight is 360 g/mol. The molecule has 1 aromatic rings. The molecule has 25 heavy (non-hydrogen) atoms. The zero-order valence-corrected chi connectivity index (χ0v) is 16.0. The van der Waals surface area contributed by atoms with Crippen LogP contribution < -0.4 is 0 Å². The Labute approximate surface area is 154 Å². The molecule has 2 saturated heterocycles. The van der Waals surface area contributed by atoms with Crippen LogP contribution in [0.15, 0.2) is 0 Å². The number of amides is 1. The van der Waals surface area contributed by atoms with Crippen LogP contribution in [-0.4, -0.2) is 46.9 Å². The monoisotopic (exact) mass is 359 g/mol. The summed E-state index contributed by atoms with van der Waals surface area (Å²) in [6.45, 7) is 5.00. The topological polar surface area (TPSA) is 36.4 Å². The van der Waals surface area contributed by atoms with E-state index < -0.39 is 0 Å². The normalized spacial score (nSPS) is 30.2. The number of nitrogens with zero attached hydrogens (tertiary/aromatic N) is 3. The van der Waals surface area contributed by atoms with E-state index in [2.05, 4.69) is 9.80 Å². The van der Waals surface area contributed by atoms with Gasteiger partial charge < -0.3 is 4.90 Å². The predicted octanol–water partition coefficient (Wildman–Crippen LogP) is 3.25. The van der Waals surface area contributed by atoms with Crippen molar-refractivity contribution in [1.29, 1.82) is 0 Å². The van der Waals surface area contributed by atoms with Crippen molar-refractivity contribution in [1.82, 2.24) is 14.8 Å². The second-order valence-corrected chi connectivity index (χ2v) is 9.89. The Morgan fingerprint density at radius 3 is 2.84 bits per heavy atom. The highest BCUT2D eigenvalue weighted by Crippen LogP contribution is 2.42. The first kappa shape index (κ1) is 16.2. The number of fused-ring (bicyclic) bond motifs is 1. The summed E-state index contributed by atoms with van der Waals surface area (Å²) < 4.78 is 0. The maximum absolute atomic E-state index is 13.2. The summed E-state index contributed by atoms with van der Waals surface area (Å²) in [5.41, 5.74) is 1.29. The van der Waals surface area contributed by atoms with Gasteiger partial charge in [-0.15, -0.1) is 11.3 Å². The van der Waals surface area contributed by atoms with Gasteiger partial charge in [0.2, 0.25) is 5.91 Å². The van der Waals surface area contributed by atoms with E-state index in [9.17, 15) is 4.79 Å². The van der Waals surface area contributed by atoms with E-state index in [-0.39, 0.29) is 5.41 Å². The third-order valence-corrected chi connectivity index (χ3v) is 7.82. The van der Waals surface area contributed by atoms with Crippen molar-refractivity contribution in [3.63, 3.8) is 0 Å². The molecule has 0 N–H and O–H groups in total. The van der Waals surface area contributed by atoms with Crippen molar-refractivity contribution in [3.05, 3.63) is 15.6 Å². The second-order valence-electron chi connectivity index (χ2n) is 8.72. The number of hydrogen-bond donors (Lipinski definition) is 0. The lowest BCUT2D eigenvalue weighted by atomic mass is 9.78. The Balaban J connectivity index is 1.25. The predicted molar refractivity (Wildman–Crippen MR) is 99.6 cm³/mol. The molecule has 2 aliphatic heterocycles. The molecule has 1 amide bonds. The fourth-order valence-corrected chi connectivity index (χ4v) is 6.27. The second kappa shape index (κ2) is 6.34.